The monoisotopic (exact) mass is 722 g/mol. The molecule has 7 aromatic rings. The number of fused-ring (bicyclic) bond motifs is 6. The van der Waals surface area contributed by atoms with Crippen molar-refractivity contribution in [1.82, 2.24) is 19.1 Å². The van der Waals surface area contributed by atoms with Crippen LogP contribution in [0.3, 0.4) is 0 Å². The zero-order chi connectivity index (χ0) is 38.3. The third-order valence-corrected chi connectivity index (χ3v) is 12.0. The molecule has 3 heterocycles. The zero-order valence-electron chi connectivity index (χ0n) is 33.5. The maximum Gasteiger partial charge on any atom is 0.240 e. The van der Waals surface area contributed by atoms with Crippen LogP contribution in [-0.4, -0.2) is 19.1 Å². The molecule has 0 fully saturated rings. The van der Waals surface area contributed by atoms with E-state index in [1.54, 1.807) is 0 Å². The van der Waals surface area contributed by atoms with Crippen LogP contribution in [0.15, 0.2) is 121 Å². The Bertz CT molecular complexity index is 2550. The lowest BCUT2D eigenvalue weighted by atomic mass is 9.71. The third-order valence-electron chi connectivity index (χ3n) is 12.0. The van der Waals surface area contributed by atoms with Gasteiger partial charge >= 0.3 is 0 Å². The minimum Gasteiger partial charge on any atom is -0.259 e. The first-order valence-electron chi connectivity index (χ1n) is 19.9. The predicted molar refractivity (Wildman–Crippen MR) is 226 cm³/mol. The first kappa shape index (κ1) is 35.0. The van der Waals surface area contributed by atoms with E-state index in [2.05, 4.69) is 180 Å². The average molecular weight is 723 g/mol. The van der Waals surface area contributed by atoms with Gasteiger partial charge in [-0.05, 0) is 87.2 Å². The molecular formula is C49H50N6. The molecule has 55 heavy (non-hydrogen) atoms. The largest absolute Gasteiger partial charge is 0.259 e. The van der Waals surface area contributed by atoms with Crippen LogP contribution < -0.4 is 10.6 Å². The molecule has 1 unspecified atom stereocenters. The summed E-state index contributed by atoms with van der Waals surface area (Å²) in [5, 5.41) is 8.18. The molecule has 5 aromatic carbocycles. The van der Waals surface area contributed by atoms with E-state index in [0.717, 1.165) is 39.7 Å². The molecule has 1 aliphatic carbocycles. The van der Waals surface area contributed by atoms with Crippen molar-refractivity contribution in [2.24, 2.45) is 5.10 Å². The maximum absolute atomic E-state index is 5.97. The van der Waals surface area contributed by atoms with Crippen LogP contribution in [0.5, 0.6) is 0 Å². The number of benzene rings is 5. The molecule has 0 bridgehead atoms. The lowest BCUT2D eigenvalue weighted by Crippen LogP contribution is -2.35. The van der Waals surface area contributed by atoms with Gasteiger partial charge in [0.1, 0.15) is 0 Å². The van der Waals surface area contributed by atoms with Crippen molar-refractivity contribution in [2.45, 2.75) is 91.4 Å². The summed E-state index contributed by atoms with van der Waals surface area (Å²) in [4.78, 5) is 10.3. The fourth-order valence-corrected chi connectivity index (χ4v) is 9.41. The van der Waals surface area contributed by atoms with Crippen molar-refractivity contribution in [3.63, 3.8) is 0 Å². The first-order chi connectivity index (χ1) is 26.5. The van der Waals surface area contributed by atoms with Crippen LogP contribution in [0.25, 0.3) is 33.8 Å². The van der Waals surface area contributed by atoms with E-state index < -0.39 is 0 Å². The van der Waals surface area contributed by atoms with Crippen LogP contribution >= 0.6 is 0 Å². The van der Waals surface area contributed by atoms with E-state index in [9.17, 15) is 0 Å². The van der Waals surface area contributed by atoms with Crippen molar-refractivity contribution in [3.05, 3.63) is 160 Å². The summed E-state index contributed by atoms with van der Waals surface area (Å²) in [6, 6.07) is 38.0. The SMILES string of the molecule is CC(C)c1cccc(C(C)C)c1-n1c(=NN2c3ccccc3C3(C)c4ccccc4-c4cccc2c43)n(-c2c(C(C)C)cccc2C(C)C)c2nccnc21. The Morgan fingerprint density at radius 1 is 0.491 bits per heavy atom. The van der Waals surface area contributed by atoms with E-state index >= 15 is 0 Å². The van der Waals surface area contributed by atoms with E-state index in [4.69, 9.17) is 15.1 Å². The number of hydrogen-bond acceptors (Lipinski definition) is 4. The third kappa shape index (κ3) is 5.03. The normalized spacial score (nSPS) is 15.7. The maximum atomic E-state index is 5.97. The van der Waals surface area contributed by atoms with Crippen molar-refractivity contribution in [2.75, 3.05) is 5.01 Å². The van der Waals surface area contributed by atoms with Crippen LogP contribution in [0.2, 0.25) is 0 Å². The minimum atomic E-state index is -0.332. The highest BCUT2D eigenvalue weighted by molar-refractivity contribution is 5.93. The molecule has 2 aliphatic rings. The smallest absolute Gasteiger partial charge is 0.240 e. The highest BCUT2D eigenvalue weighted by Crippen LogP contribution is 2.60. The number of nitrogens with zero attached hydrogens (tertiary/aromatic N) is 6. The summed E-state index contributed by atoms with van der Waals surface area (Å²) in [6.45, 7) is 20.6. The Morgan fingerprint density at radius 2 is 0.927 bits per heavy atom. The molecular weight excluding hydrogens is 673 g/mol. The summed E-state index contributed by atoms with van der Waals surface area (Å²) in [6.07, 6.45) is 3.64. The molecule has 1 atom stereocenters. The van der Waals surface area contributed by atoms with Gasteiger partial charge in [-0.25, -0.2) is 15.0 Å². The summed E-state index contributed by atoms with van der Waals surface area (Å²) in [7, 11) is 0. The second-order valence-electron chi connectivity index (χ2n) is 16.7. The van der Waals surface area contributed by atoms with Gasteiger partial charge in [-0.1, -0.05) is 146 Å². The molecule has 276 valence electrons. The number of aromatic nitrogens is 4. The molecule has 0 radical (unpaired) electrons. The average Bonchev–Trinajstić information content (AvgIpc) is 3.65. The molecule has 0 spiro atoms. The molecule has 9 rings (SSSR count). The van der Waals surface area contributed by atoms with Gasteiger partial charge in [0.15, 0.2) is 11.3 Å². The van der Waals surface area contributed by atoms with Gasteiger partial charge in [0.2, 0.25) is 5.62 Å². The van der Waals surface area contributed by atoms with Crippen molar-refractivity contribution in [3.8, 4) is 22.5 Å². The molecule has 0 N–H and O–H groups in total. The molecule has 0 saturated carbocycles. The zero-order valence-corrected chi connectivity index (χ0v) is 33.5. The van der Waals surface area contributed by atoms with Crippen molar-refractivity contribution < 1.29 is 0 Å². The van der Waals surface area contributed by atoms with Gasteiger partial charge in [-0.15, -0.1) is 5.10 Å². The van der Waals surface area contributed by atoms with Gasteiger partial charge < -0.3 is 0 Å². The molecule has 6 heteroatoms. The molecule has 0 saturated heterocycles. The van der Waals surface area contributed by atoms with E-state index in [-0.39, 0.29) is 29.1 Å². The highest BCUT2D eigenvalue weighted by atomic mass is 15.5. The topological polar surface area (TPSA) is 51.2 Å². The van der Waals surface area contributed by atoms with Gasteiger partial charge in [-0.2, -0.15) is 0 Å². The van der Waals surface area contributed by atoms with E-state index in [1.807, 2.05) is 12.4 Å². The van der Waals surface area contributed by atoms with Crippen LogP contribution in [0.1, 0.15) is 125 Å². The predicted octanol–water partition coefficient (Wildman–Crippen LogP) is 12.0. The fraction of sp³-hybridized carbons (Fsp3) is 0.286. The van der Waals surface area contributed by atoms with Crippen LogP contribution in [0.4, 0.5) is 11.4 Å². The Hall–Kier alpha value is -5.75. The number of hydrogen-bond donors (Lipinski definition) is 0. The van der Waals surface area contributed by atoms with Gasteiger partial charge in [0.05, 0.1) is 22.7 Å². The quantitative estimate of drug-likeness (QED) is 0.165. The number of para-hydroxylation sites is 3. The Labute approximate surface area is 324 Å². The minimum absolute atomic E-state index is 0.255. The summed E-state index contributed by atoms with van der Waals surface area (Å²) in [5.74, 6) is 1.02. The van der Waals surface area contributed by atoms with E-state index in [0.29, 0.717) is 0 Å². The second-order valence-corrected chi connectivity index (χ2v) is 16.7. The summed E-state index contributed by atoms with van der Waals surface area (Å²) < 4.78 is 4.64. The highest BCUT2D eigenvalue weighted by Gasteiger charge is 2.48. The molecule has 2 aromatic heterocycles. The number of anilines is 2. The number of imidazole rings is 1. The Morgan fingerprint density at radius 3 is 1.45 bits per heavy atom. The second kappa shape index (κ2) is 12.9. The summed E-state index contributed by atoms with van der Waals surface area (Å²) in [5.41, 5.74) is 17.8. The van der Waals surface area contributed by atoms with Gasteiger partial charge in [0.25, 0.3) is 0 Å². The van der Waals surface area contributed by atoms with Gasteiger partial charge in [0, 0.05) is 23.4 Å². The van der Waals surface area contributed by atoms with Gasteiger partial charge in [-0.3, -0.25) is 9.13 Å². The van der Waals surface area contributed by atoms with Crippen LogP contribution in [0, 0.1) is 0 Å². The van der Waals surface area contributed by atoms with Crippen molar-refractivity contribution in [1.29, 1.82) is 0 Å². The Balaban J connectivity index is 1.51. The Kier molecular flexibility index (Phi) is 8.23. The van der Waals surface area contributed by atoms with Crippen molar-refractivity contribution >= 4 is 22.7 Å². The lowest BCUT2D eigenvalue weighted by molar-refractivity contribution is 0.685. The first-order valence-corrected chi connectivity index (χ1v) is 19.9. The molecule has 6 nitrogen and oxygen atoms in total. The standard InChI is InChI=1S/C49H50N6/c1-29(2)33-18-14-19-34(30(3)4)44(33)53-46-47(51-28-27-50-46)54(45-35(31(5)6)20-15-21-36(45)32(7)8)48(53)52-55-41-25-13-12-24-40(41)49(9)39-23-11-10-17-37(39)38-22-16-26-42(55)43(38)49/h10-32H,1-9H3. The number of rotatable bonds is 7. The molecule has 1 aliphatic heterocycles. The fourth-order valence-electron chi connectivity index (χ4n) is 9.41. The van der Waals surface area contributed by atoms with E-state index in [1.165, 1.54) is 50.1 Å². The summed E-state index contributed by atoms with van der Waals surface area (Å²) >= 11 is 0. The van der Waals surface area contributed by atoms with Crippen LogP contribution in [-0.2, 0) is 5.41 Å². The molecule has 0 amide bonds. The lowest BCUT2D eigenvalue weighted by Gasteiger charge is -2.40.